The van der Waals surface area contributed by atoms with Gasteiger partial charge in [0.05, 0.1) is 12.0 Å². The summed E-state index contributed by atoms with van der Waals surface area (Å²) in [6.07, 6.45) is 5.88. The van der Waals surface area contributed by atoms with Crippen molar-refractivity contribution in [3.05, 3.63) is 81.6 Å². The molecular formula is C23H22ClN3O5. The summed E-state index contributed by atoms with van der Waals surface area (Å²) in [6.45, 7) is 1.33. The van der Waals surface area contributed by atoms with Crippen LogP contribution < -0.4 is 9.47 Å². The van der Waals surface area contributed by atoms with Crippen molar-refractivity contribution in [2.24, 2.45) is 0 Å². The maximum Gasteiger partial charge on any atom is 0.313 e. The van der Waals surface area contributed by atoms with Crippen molar-refractivity contribution in [2.45, 2.75) is 18.9 Å². The van der Waals surface area contributed by atoms with E-state index in [9.17, 15) is 14.9 Å². The van der Waals surface area contributed by atoms with Crippen molar-refractivity contribution in [3.8, 4) is 17.2 Å². The first-order valence-electron chi connectivity index (χ1n) is 10.2. The summed E-state index contributed by atoms with van der Waals surface area (Å²) >= 11 is 5.86. The van der Waals surface area contributed by atoms with Crippen LogP contribution in [0.5, 0.6) is 17.2 Å². The number of carbonyl (C=O) groups is 1. The lowest BCUT2D eigenvalue weighted by Gasteiger charge is -2.33. The Kier molecular flexibility index (Phi) is 6.32. The molecule has 1 fully saturated rings. The number of hydrogen-bond donors (Lipinski definition) is 0. The number of benzene rings is 2. The minimum atomic E-state index is -0.567. The lowest BCUT2D eigenvalue weighted by atomic mass is 10.0. The van der Waals surface area contributed by atoms with Gasteiger partial charge in [0, 0.05) is 48.2 Å². The van der Waals surface area contributed by atoms with Crippen LogP contribution in [0.25, 0.3) is 0 Å². The molecule has 0 spiro atoms. The second-order valence-corrected chi connectivity index (χ2v) is 7.93. The average molecular weight is 456 g/mol. The molecule has 2 aromatic carbocycles. The normalized spacial score (nSPS) is 14.2. The molecule has 166 valence electrons. The first kappa shape index (κ1) is 21.7. The molecular weight excluding hydrogens is 434 g/mol. The standard InChI is InChI=1S/C23H22ClN3O5/c1-31-22-14-16(23(28)26-12-8-18(9-13-26)25-10-2-3-11-25)4-6-21(22)32-20-7-5-17(24)15-19(20)27(29)30/h2-7,10-11,14-15,18H,8-9,12-13H2,1H3. The molecule has 0 atom stereocenters. The Morgan fingerprint density at radius 2 is 1.75 bits per heavy atom. The number of likely N-dealkylation sites (tertiary alicyclic amines) is 1. The van der Waals surface area contributed by atoms with Gasteiger partial charge in [-0.05, 0) is 55.3 Å². The highest BCUT2D eigenvalue weighted by Gasteiger charge is 2.25. The maximum atomic E-state index is 13.0. The van der Waals surface area contributed by atoms with E-state index in [4.69, 9.17) is 21.1 Å². The highest BCUT2D eigenvalue weighted by Crippen LogP contribution is 2.38. The number of methoxy groups -OCH3 is 1. The Labute approximate surface area is 190 Å². The van der Waals surface area contributed by atoms with Crippen LogP contribution in [0.2, 0.25) is 5.02 Å². The molecule has 0 unspecified atom stereocenters. The lowest BCUT2D eigenvalue weighted by molar-refractivity contribution is -0.385. The number of amides is 1. The first-order valence-corrected chi connectivity index (χ1v) is 10.6. The number of nitro groups is 1. The van der Waals surface area contributed by atoms with Gasteiger partial charge < -0.3 is 18.9 Å². The summed E-state index contributed by atoms with van der Waals surface area (Å²) in [6, 6.07) is 13.4. The molecule has 1 aliphatic rings. The zero-order chi connectivity index (χ0) is 22.7. The molecule has 0 aliphatic carbocycles. The monoisotopic (exact) mass is 455 g/mol. The average Bonchev–Trinajstić information content (AvgIpc) is 3.35. The number of carbonyl (C=O) groups excluding carboxylic acids is 1. The number of ether oxygens (including phenoxy) is 2. The van der Waals surface area contributed by atoms with Gasteiger partial charge in [-0.15, -0.1) is 0 Å². The van der Waals surface area contributed by atoms with Crippen molar-refractivity contribution in [2.75, 3.05) is 20.2 Å². The molecule has 32 heavy (non-hydrogen) atoms. The highest BCUT2D eigenvalue weighted by molar-refractivity contribution is 6.30. The maximum absolute atomic E-state index is 13.0. The van der Waals surface area contributed by atoms with Crippen LogP contribution in [0, 0.1) is 10.1 Å². The summed E-state index contributed by atoms with van der Waals surface area (Å²) in [5.74, 6) is 0.519. The summed E-state index contributed by atoms with van der Waals surface area (Å²) < 4.78 is 13.3. The Bertz CT molecular complexity index is 1120. The predicted molar refractivity (Wildman–Crippen MR) is 120 cm³/mol. The van der Waals surface area contributed by atoms with Crippen LogP contribution >= 0.6 is 11.6 Å². The number of aromatic nitrogens is 1. The Balaban J connectivity index is 1.49. The molecule has 1 aliphatic heterocycles. The van der Waals surface area contributed by atoms with Gasteiger partial charge in [0.1, 0.15) is 0 Å². The molecule has 8 nitrogen and oxygen atoms in total. The predicted octanol–water partition coefficient (Wildman–Crippen LogP) is 5.33. The summed E-state index contributed by atoms with van der Waals surface area (Å²) in [5.41, 5.74) is 0.212. The molecule has 0 bridgehead atoms. The quantitative estimate of drug-likeness (QED) is 0.370. The SMILES string of the molecule is COc1cc(C(=O)N2CCC(n3cccc3)CC2)ccc1Oc1ccc(Cl)cc1[N+](=O)[O-]. The van der Waals surface area contributed by atoms with E-state index in [1.807, 2.05) is 17.0 Å². The highest BCUT2D eigenvalue weighted by atomic mass is 35.5. The second-order valence-electron chi connectivity index (χ2n) is 7.49. The van der Waals surface area contributed by atoms with E-state index in [2.05, 4.69) is 17.0 Å². The van der Waals surface area contributed by atoms with Gasteiger partial charge in [0.25, 0.3) is 5.91 Å². The van der Waals surface area contributed by atoms with Crippen LogP contribution in [0.4, 0.5) is 5.69 Å². The number of halogens is 1. The zero-order valence-corrected chi connectivity index (χ0v) is 18.2. The summed E-state index contributed by atoms with van der Waals surface area (Å²) in [4.78, 5) is 25.6. The fourth-order valence-corrected chi connectivity index (χ4v) is 4.03. The van der Waals surface area contributed by atoms with Crippen LogP contribution in [0.1, 0.15) is 29.2 Å². The Morgan fingerprint density at radius 1 is 1.06 bits per heavy atom. The van der Waals surface area contributed by atoms with Crippen molar-refractivity contribution in [1.82, 2.24) is 9.47 Å². The van der Waals surface area contributed by atoms with Gasteiger partial charge >= 0.3 is 5.69 Å². The van der Waals surface area contributed by atoms with Crippen LogP contribution in [0.15, 0.2) is 60.9 Å². The van der Waals surface area contributed by atoms with E-state index in [0.29, 0.717) is 30.4 Å². The molecule has 1 aromatic heterocycles. The van der Waals surface area contributed by atoms with E-state index in [-0.39, 0.29) is 28.1 Å². The third kappa shape index (κ3) is 4.55. The van der Waals surface area contributed by atoms with Gasteiger partial charge in [-0.2, -0.15) is 0 Å². The zero-order valence-electron chi connectivity index (χ0n) is 17.4. The molecule has 1 amide bonds. The van der Waals surface area contributed by atoms with E-state index >= 15 is 0 Å². The number of nitro benzene ring substituents is 1. The van der Waals surface area contributed by atoms with E-state index in [0.717, 1.165) is 12.8 Å². The molecule has 9 heteroatoms. The van der Waals surface area contributed by atoms with Crippen LogP contribution in [-0.4, -0.2) is 40.5 Å². The minimum Gasteiger partial charge on any atom is -0.493 e. The molecule has 3 aromatic rings. The largest absolute Gasteiger partial charge is 0.493 e. The molecule has 0 radical (unpaired) electrons. The third-order valence-electron chi connectivity index (χ3n) is 5.55. The molecule has 0 N–H and O–H groups in total. The summed E-state index contributed by atoms with van der Waals surface area (Å²) in [7, 11) is 1.45. The Hall–Kier alpha value is -3.52. The van der Waals surface area contributed by atoms with E-state index in [1.54, 1.807) is 18.2 Å². The van der Waals surface area contributed by atoms with Crippen LogP contribution in [0.3, 0.4) is 0 Å². The smallest absolute Gasteiger partial charge is 0.313 e. The van der Waals surface area contributed by atoms with E-state index < -0.39 is 4.92 Å². The number of piperidine rings is 1. The first-order chi connectivity index (χ1) is 15.5. The third-order valence-corrected chi connectivity index (χ3v) is 5.78. The summed E-state index contributed by atoms with van der Waals surface area (Å²) in [5, 5.41) is 11.6. The number of rotatable bonds is 6. The van der Waals surface area contributed by atoms with Gasteiger partial charge in [0.2, 0.25) is 5.75 Å². The minimum absolute atomic E-state index is 0.0314. The number of nitrogens with zero attached hydrogens (tertiary/aromatic N) is 3. The van der Waals surface area contributed by atoms with Gasteiger partial charge in [-0.25, -0.2) is 0 Å². The molecule has 0 saturated carbocycles. The van der Waals surface area contributed by atoms with Gasteiger partial charge in [-0.1, -0.05) is 11.6 Å². The molecule has 1 saturated heterocycles. The lowest BCUT2D eigenvalue weighted by Crippen LogP contribution is -2.38. The van der Waals surface area contributed by atoms with Crippen molar-refractivity contribution in [1.29, 1.82) is 0 Å². The second kappa shape index (κ2) is 9.32. The fraction of sp³-hybridized carbons (Fsp3) is 0.261. The van der Waals surface area contributed by atoms with Crippen molar-refractivity contribution >= 4 is 23.2 Å². The van der Waals surface area contributed by atoms with E-state index in [1.165, 1.54) is 25.3 Å². The van der Waals surface area contributed by atoms with Crippen molar-refractivity contribution < 1.29 is 19.2 Å². The topological polar surface area (TPSA) is 86.8 Å². The van der Waals surface area contributed by atoms with Gasteiger partial charge in [-0.3, -0.25) is 14.9 Å². The molecule has 4 rings (SSSR count). The van der Waals surface area contributed by atoms with Crippen molar-refractivity contribution in [3.63, 3.8) is 0 Å². The fourth-order valence-electron chi connectivity index (χ4n) is 3.86. The number of hydrogen-bond acceptors (Lipinski definition) is 5. The van der Waals surface area contributed by atoms with Crippen LogP contribution in [-0.2, 0) is 0 Å². The van der Waals surface area contributed by atoms with Gasteiger partial charge in [0.15, 0.2) is 11.5 Å². The molecule has 2 heterocycles. The Morgan fingerprint density at radius 3 is 2.41 bits per heavy atom.